The van der Waals surface area contributed by atoms with Gasteiger partial charge in [-0.25, -0.2) is 0 Å². The van der Waals surface area contributed by atoms with Crippen molar-refractivity contribution < 1.29 is 14.3 Å². The lowest BCUT2D eigenvalue weighted by atomic mass is 9.89. The number of para-hydroxylation sites is 1. The van der Waals surface area contributed by atoms with E-state index in [0.29, 0.717) is 31.8 Å². The molecule has 0 aliphatic carbocycles. The maximum atomic E-state index is 12.2. The molecule has 1 aromatic carbocycles. The molecule has 6 nitrogen and oxygen atoms in total. The number of anilines is 1. The number of nitrogens with zero attached hydrogens (tertiary/aromatic N) is 1. The van der Waals surface area contributed by atoms with Gasteiger partial charge in [0, 0.05) is 43.7 Å². The fraction of sp³-hybridized carbons (Fsp3) is 0.579. The standard InChI is InChI=1S/C19H27N3O3/c1-14(22-8-10-25-11-9-22)13-20-18(23)7-6-16-12-15-4-2-3-5-17(15)21-19(16)24/h2-5,14,16H,6-13H2,1H3,(H,20,23)(H,21,24)/t14-,16-/m0/s1. The number of fused-ring (bicyclic) bond motifs is 1. The van der Waals surface area contributed by atoms with Crippen LogP contribution in [0.5, 0.6) is 0 Å². The van der Waals surface area contributed by atoms with Gasteiger partial charge in [-0.05, 0) is 31.4 Å². The molecule has 0 unspecified atom stereocenters. The zero-order valence-electron chi connectivity index (χ0n) is 14.8. The summed E-state index contributed by atoms with van der Waals surface area (Å²) in [5.74, 6) is -0.0859. The van der Waals surface area contributed by atoms with Gasteiger partial charge in [0.1, 0.15) is 0 Å². The van der Waals surface area contributed by atoms with Crippen molar-refractivity contribution in [3.8, 4) is 0 Å². The van der Waals surface area contributed by atoms with Crippen LogP contribution in [0, 0.1) is 5.92 Å². The third-order valence-corrected chi connectivity index (χ3v) is 5.10. The fourth-order valence-corrected chi connectivity index (χ4v) is 3.45. The minimum Gasteiger partial charge on any atom is -0.379 e. The Balaban J connectivity index is 1.41. The molecule has 2 heterocycles. The number of amides is 2. The lowest BCUT2D eigenvalue weighted by Crippen LogP contribution is -2.47. The van der Waals surface area contributed by atoms with E-state index in [-0.39, 0.29) is 17.7 Å². The first-order valence-corrected chi connectivity index (χ1v) is 9.11. The number of benzene rings is 1. The summed E-state index contributed by atoms with van der Waals surface area (Å²) in [6.45, 7) is 6.11. The van der Waals surface area contributed by atoms with Gasteiger partial charge in [0.15, 0.2) is 0 Å². The van der Waals surface area contributed by atoms with E-state index in [9.17, 15) is 9.59 Å². The molecule has 0 radical (unpaired) electrons. The number of rotatable bonds is 6. The summed E-state index contributed by atoms with van der Waals surface area (Å²) in [6, 6.07) is 8.16. The van der Waals surface area contributed by atoms with Crippen molar-refractivity contribution in [1.82, 2.24) is 10.2 Å². The maximum absolute atomic E-state index is 12.2. The topological polar surface area (TPSA) is 70.7 Å². The van der Waals surface area contributed by atoms with E-state index in [1.165, 1.54) is 0 Å². The Labute approximate surface area is 148 Å². The quantitative estimate of drug-likeness (QED) is 0.818. The Morgan fingerprint density at radius 1 is 1.36 bits per heavy atom. The molecule has 6 heteroatoms. The second-order valence-corrected chi connectivity index (χ2v) is 6.89. The third kappa shape index (κ3) is 4.80. The molecule has 2 aliphatic heterocycles. The first-order chi connectivity index (χ1) is 12.1. The number of morpholine rings is 1. The Hall–Kier alpha value is -1.92. The summed E-state index contributed by atoms with van der Waals surface area (Å²) in [7, 11) is 0. The van der Waals surface area contributed by atoms with Gasteiger partial charge in [0.25, 0.3) is 0 Å². The molecule has 2 atom stereocenters. The molecule has 0 saturated carbocycles. The summed E-state index contributed by atoms with van der Waals surface area (Å²) in [6.07, 6.45) is 1.67. The fourth-order valence-electron chi connectivity index (χ4n) is 3.45. The largest absolute Gasteiger partial charge is 0.379 e. The molecule has 136 valence electrons. The molecule has 0 spiro atoms. The second kappa shape index (κ2) is 8.45. The van der Waals surface area contributed by atoms with Crippen LogP contribution in [0.1, 0.15) is 25.3 Å². The van der Waals surface area contributed by atoms with E-state index in [4.69, 9.17) is 4.74 Å². The molecular weight excluding hydrogens is 318 g/mol. The summed E-state index contributed by atoms with van der Waals surface area (Å²) < 4.78 is 5.35. The van der Waals surface area contributed by atoms with Gasteiger partial charge < -0.3 is 15.4 Å². The van der Waals surface area contributed by atoms with Crippen LogP contribution >= 0.6 is 0 Å². The second-order valence-electron chi connectivity index (χ2n) is 6.89. The number of hydrogen-bond acceptors (Lipinski definition) is 4. The van der Waals surface area contributed by atoms with Crippen molar-refractivity contribution in [3.05, 3.63) is 29.8 Å². The molecule has 1 aromatic rings. The summed E-state index contributed by atoms with van der Waals surface area (Å²) in [5.41, 5.74) is 2.04. The third-order valence-electron chi connectivity index (χ3n) is 5.10. The Morgan fingerprint density at radius 2 is 2.12 bits per heavy atom. The highest BCUT2D eigenvalue weighted by Gasteiger charge is 2.26. The van der Waals surface area contributed by atoms with Gasteiger partial charge in [-0.1, -0.05) is 18.2 Å². The summed E-state index contributed by atoms with van der Waals surface area (Å²) in [4.78, 5) is 26.6. The zero-order valence-corrected chi connectivity index (χ0v) is 14.8. The van der Waals surface area contributed by atoms with E-state index in [1.807, 2.05) is 24.3 Å². The highest BCUT2D eigenvalue weighted by Crippen LogP contribution is 2.27. The molecule has 2 aliphatic rings. The summed E-state index contributed by atoms with van der Waals surface area (Å²) in [5, 5.41) is 5.94. The van der Waals surface area contributed by atoms with Crippen molar-refractivity contribution in [2.24, 2.45) is 5.92 Å². The molecule has 2 N–H and O–H groups in total. The Kier molecular flexibility index (Phi) is 6.04. The van der Waals surface area contributed by atoms with Gasteiger partial charge in [-0.2, -0.15) is 0 Å². The van der Waals surface area contributed by atoms with E-state index < -0.39 is 0 Å². The summed E-state index contributed by atoms with van der Waals surface area (Å²) >= 11 is 0. The minimum absolute atomic E-state index is 0.0202. The number of ether oxygens (including phenoxy) is 1. The first kappa shape index (κ1) is 17.9. The first-order valence-electron chi connectivity index (χ1n) is 9.11. The van der Waals surface area contributed by atoms with Crippen LogP contribution in [0.4, 0.5) is 5.69 Å². The van der Waals surface area contributed by atoms with Gasteiger partial charge in [0.2, 0.25) is 11.8 Å². The van der Waals surface area contributed by atoms with Crippen LogP contribution in [0.3, 0.4) is 0 Å². The Morgan fingerprint density at radius 3 is 2.92 bits per heavy atom. The number of carbonyl (C=O) groups is 2. The number of hydrogen-bond donors (Lipinski definition) is 2. The highest BCUT2D eigenvalue weighted by molar-refractivity contribution is 5.96. The Bertz CT molecular complexity index is 614. The SMILES string of the molecule is C[C@@H](CNC(=O)CC[C@H]1Cc2ccccc2NC1=O)N1CCOCC1. The van der Waals surface area contributed by atoms with Gasteiger partial charge >= 0.3 is 0 Å². The number of nitrogens with one attached hydrogen (secondary N) is 2. The molecular formula is C19H27N3O3. The van der Waals surface area contributed by atoms with Crippen LogP contribution in [-0.4, -0.2) is 55.6 Å². The van der Waals surface area contributed by atoms with E-state index >= 15 is 0 Å². The lowest BCUT2D eigenvalue weighted by Gasteiger charge is -2.32. The van der Waals surface area contributed by atoms with Crippen LogP contribution in [0.15, 0.2) is 24.3 Å². The molecule has 1 saturated heterocycles. The van der Waals surface area contributed by atoms with Crippen molar-refractivity contribution in [3.63, 3.8) is 0 Å². The van der Waals surface area contributed by atoms with Crippen molar-refractivity contribution in [2.75, 3.05) is 38.2 Å². The van der Waals surface area contributed by atoms with Crippen LogP contribution in [0.25, 0.3) is 0 Å². The predicted octanol–water partition coefficient (Wildman–Crippen LogP) is 1.41. The monoisotopic (exact) mass is 345 g/mol. The lowest BCUT2D eigenvalue weighted by molar-refractivity contribution is -0.123. The zero-order chi connectivity index (χ0) is 17.6. The molecule has 1 fully saturated rings. The van der Waals surface area contributed by atoms with Crippen LogP contribution in [-0.2, 0) is 20.7 Å². The molecule has 3 rings (SSSR count). The predicted molar refractivity (Wildman–Crippen MR) is 96.4 cm³/mol. The van der Waals surface area contributed by atoms with Gasteiger partial charge in [-0.15, -0.1) is 0 Å². The molecule has 0 bridgehead atoms. The number of carbonyl (C=O) groups excluding carboxylic acids is 2. The van der Waals surface area contributed by atoms with E-state index in [2.05, 4.69) is 22.5 Å². The average molecular weight is 345 g/mol. The normalized spacial score (nSPS) is 22.0. The highest BCUT2D eigenvalue weighted by atomic mass is 16.5. The molecule has 0 aromatic heterocycles. The van der Waals surface area contributed by atoms with Crippen molar-refractivity contribution >= 4 is 17.5 Å². The average Bonchev–Trinajstić information content (AvgIpc) is 2.65. The van der Waals surface area contributed by atoms with E-state index in [0.717, 1.165) is 37.6 Å². The van der Waals surface area contributed by atoms with Gasteiger partial charge in [0.05, 0.1) is 13.2 Å². The molecule has 25 heavy (non-hydrogen) atoms. The van der Waals surface area contributed by atoms with Crippen LogP contribution in [0.2, 0.25) is 0 Å². The molecule has 2 amide bonds. The van der Waals surface area contributed by atoms with Crippen molar-refractivity contribution in [1.29, 1.82) is 0 Å². The van der Waals surface area contributed by atoms with Gasteiger partial charge in [-0.3, -0.25) is 14.5 Å². The smallest absolute Gasteiger partial charge is 0.227 e. The van der Waals surface area contributed by atoms with Crippen molar-refractivity contribution in [2.45, 2.75) is 32.2 Å². The maximum Gasteiger partial charge on any atom is 0.227 e. The van der Waals surface area contributed by atoms with E-state index in [1.54, 1.807) is 0 Å². The minimum atomic E-state index is -0.127. The van der Waals surface area contributed by atoms with Crippen LogP contribution < -0.4 is 10.6 Å².